The summed E-state index contributed by atoms with van der Waals surface area (Å²) in [6, 6.07) is 7.94. The summed E-state index contributed by atoms with van der Waals surface area (Å²) in [4.78, 5) is 0.729. The predicted molar refractivity (Wildman–Crippen MR) is 55.4 cm³/mol. The van der Waals surface area contributed by atoms with Crippen molar-refractivity contribution in [3.63, 3.8) is 0 Å². The molecule has 1 aromatic rings. The highest BCUT2D eigenvalue weighted by Crippen LogP contribution is 2.22. The second-order valence-corrected chi connectivity index (χ2v) is 2.95. The first-order valence-corrected chi connectivity index (χ1v) is 4.10. The number of para-hydroxylation sites is 2. The van der Waals surface area contributed by atoms with E-state index in [9.17, 15) is 0 Å². The lowest BCUT2D eigenvalue weighted by molar-refractivity contribution is 1.59. The van der Waals surface area contributed by atoms with Crippen LogP contribution in [0.2, 0.25) is 0 Å². The Morgan fingerprint density at radius 1 is 1.08 bits per heavy atom. The van der Waals surface area contributed by atoms with E-state index in [1.807, 2.05) is 36.5 Å². The molecular formula is C9H8N2S. The Morgan fingerprint density at radius 3 is 2.67 bits per heavy atom. The van der Waals surface area contributed by atoms with E-state index in [2.05, 4.69) is 10.6 Å². The molecule has 0 radical (unpaired) electrons. The average Bonchev–Trinajstić information content (AvgIpc) is 2.25. The summed E-state index contributed by atoms with van der Waals surface area (Å²) in [5.41, 5.74) is 2.07. The number of fused-ring (bicyclic) bond motifs is 1. The van der Waals surface area contributed by atoms with Gasteiger partial charge in [-0.1, -0.05) is 24.4 Å². The Labute approximate surface area is 76.3 Å². The van der Waals surface area contributed by atoms with Crippen molar-refractivity contribution in [2.45, 2.75) is 0 Å². The molecule has 0 spiro atoms. The van der Waals surface area contributed by atoms with Gasteiger partial charge >= 0.3 is 0 Å². The summed E-state index contributed by atoms with van der Waals surface area (Å²) >= 11 is 5.03. The third-order valence-electron chi connectivity index (χ3n) is 1.66. The number of nitrogens with one attached hydrogen (secondary N) is 2. The molecule has 0 aliphatic carbocycles. The topological polar surface area (TPSA) is 24.1 Å². The zero-order chi connectivity index (χ0) is 8.39. The van der Waals surface area contributed by atoms with Gasteiger partial charge in [-0.05, 0) is 18.2 Å². The van der Waals surface area contributed by atoms with Crippen LogP contribution in [0.3, 0.4) is 0 Å². The van der Waals surface area contributed by atoms with Gasteiger partial charge in [0.05, 0.1) is 11.4 Å². The quantitative estimate of drug-likeness (QED) is 0.593. The maximum Gasteiger partial charge on any atom is 0.105 e. The number of benzene rings is 1. The molecule has 2 nitrogen and oxygen atoms in total. The molecule has 0 amide bonds. The standard InChI is InChI=1S/C9H8N2S/c12-9-5-6-10-7-3-1-2-4-8(7)11-9/h1-6,10H,(H,11,12). The van der Waals surface area contributed by atoms with E-state index in [0.717, 1.165) is 16.4 Å². The summed E-state index contributed by atoms with van der Waals surface area (Å²) in [5.74, 6) is 0. The highest BCUT2D eigenvalue weighted by Gasteiger charge is 2.03. The SMILES string of the molecule is S=C1C=CNc2ccccc2N1. The van der Waals surface area contributed by atoms with Crippen molar-refractivity contribution in [1.82, 2.24) is 0 Å². The molecule has 2 rings (SSSR count). The predicted octanol–water partition coefficient (Wildman–Crippen LogP) is 2.37. The summed E-state index contributed by atoms with van der Waals surface area (Å²) in [6.07, 6.45) is 3.66. The van der Waals surface area contributed by atoms with Crippen molar-refractivity contribution in [1.29, 1.82) is 0 Å². The fourth-order valence-corrected chi connectivity index (χ4v) is 1.28. The van der Waals surface area contributed by atoms with Crippen molar-refractivity contribution < 1.29 is 0 Å². The van der Waals surface area contributed by atoms with Gasteiger partial charge in [-0.15, -0.1) is 0 Å². The molecule has 0 fully saturated rings. The second kappa shape index (κ2) is 2.95. The zero-order valence-corrected chi connectivity index (χ0v) is 7.19. The smallest absolute Gasteiger partial charge is 0.105 e. The molecule has 0 unspecified atom stereocenters. The van der Waals surface area contributed by atoms with E-state index in [0.29, 0.717) is 0 Å². The third-order valence-corrected chi connectivity index (χ3v) is 1.90. The molecule has 2 N–H and O–H groups in total. The van der Waals surface area contributed by atoms with E-state index in [4.69, 9.17) is 12.2 Å². The molecule has 1 aromatic carbocycles. The third kappa shape index (κ3) is 1.31. The lowest BCUT2D eigenvalue weighted by Crippen LogP contribution is -2.03. The normalized spacial score (nSPS) is 14.2. The number of hydrogen-bond acceptors (Lipinski definition) is 2. The van der Waals surface area contributed by atoms with Gasteiger partial charge in [-0.2, -0.15) is 0 Å². The molecule has 3 heteroatoms. The van der Waals surface area contributed by atoms with Gasteiger partial charge in [0.2, 0.25) is 0 Å². The molecule has 60 valence electrons. The molecule has 1 aliphatic rings. The van der Waals surface area contributed by atoms with Crippen LogP contribution < -0.4 is 10.6 Å². The highest BCUT2D eigenvalue weighted by atomic mass is 32.1. The first-order chi connectivity index (χ1) is 5.86. The molecule has 0 aromatic heterocycles. The first kappa shape index (κ1) is 7.31. The number of thiocarbonyl (C=S) groups is 1. The summed E-state index contributed by atoms with van der Waals surface area (Å²) in [5, 5.41) is 6.23. The molecule has 0 saturated heterocycles. The minimum Gasteiger partial charge on any atom is -0.360 e. The van der Waals surface area contributed by atoms with Crippen LogP contribution in [0.1, 0.15) is 0 Å². The van der Waals surface area contributed by atoms with Crippen LogP contribution in [0.15, 0.2) is 36.5 Å². The Bertz CT molecular complexity index is 344. The van der Waals surface area contributed by atoms with Crippen LogP contribution in [-0.2, 0) is 0 Å². The Morgan fingerprint density at radius 2 is 1.83 bits per heavy atom. The van der Waals surface area contributed by atoms with E-state index in [1.165, 1.54) is 0 Å². The highest BCUT2D eigenvalue weighted by molar-refractivity contribution is 7.81. The minimum atomic E-state index is 0.729. The van der Waals surface area contributed by atoms with Crippen molar-refractivity contribution in [2.24, 2.45) is 0 Å². The maximum atomic E-state index is 5.03. The van der Waals surface area contributed by atoms with Gasteiger partial charge in [0, 0.05) is 6.20 Å². The van der Waals surface area contributed by atoms with Crippen LogP contribution >= 0.6 is 12.2 Å². The molecule has 1 heterocycles. The van der Waals surface area contributed by atoms with Gasteiger partial charge in [0.1, 0.15) is 4.99 Å². The summed E-state index contributed by atoms with van der Waals surface area (Å²) < 4.78 is 0. The Balaban J connectivity index is 2.44. The zero-order valence-electron chi connectivity index (χ0n) is 6.37. The minimum absolute atomic E-state index is 0.729. The monoisotopic (exact) mass is 176 g/mol. The van der Waals surface area contributed by atoms with Crippen LogP contribution in [-0.4, -0.2) is 4.99 Å². The Kier molecular flexibility index (Phi) is 1.80. The van der Waals surface area contributed by atoms with Crippen molar-refractivity contribution in [3.05, 3.63) is 36.5 Å². The van der Waals surface area contributed by atoms with Gasteiger partial charge in [-0.25, -0.2) is 0 Å². The Hall–Kier alpha value is -1.35. The van der Waals surface area contributed by atoms with Crippen LogP contribution in [0.25, 0.3) is 0 Å². The molecule has 12 heavy (non-hydrogen) atoms. The lowest BCUT2D eigenvalue weighted by Gasteiger charge is -2.06. The van der Waals surface area contributed by atoms with Crippen LogP contribution in [0, 0.1) is 0 Å². The summed E-state index contributed by atoms with van der Waals surface area (Å²) in [6.45, 7) is 0. The van der Waals surface area contributed by atoms with E-state index < -0.39 is 0 Å². The first-order valence-electron chi connectivity index (χ1n) is 3.69. The largest absolute Gasteiger partial charge is 0.360 e. The summed E-state index contributed by atoms with van der Waals surface area (Å²) in [7, 11) is 0. The van der Waals surface area contributed by atoms with E-state index in [-0.39, 0.29) is 0 Å². The van der Waals surface area contributed by atoms with Crippen LogP contribution in [0.4, 0.5) is 11.4 Å². The number of rotatable bonds is 0. The fraction of sp³-hybridized carbons (Fsp3) is 0. The lowest BCUT2D eigenvalue weighted by atomic mass is 10.2. The average molecular weight is 176 g/mol. The van der Waals surface area contributed by atoms with Gasteiger partial charge in [0.25, 0.3) is 0 Å². The van der Waals surface area contributed by atoms with Gasteiger partial charge in [0.15, 0.2) is 0 Å². The van der Waals surface area contributed by atoms with Gasteiger partial charge in [-0.3, -0.25) is 0 Å². The molecule has 1 aliphatic heterocycles. The van der Waals surface area contributed by atoms with Crippen LogP contribution in [0.5, 0.6) is 0 Å². The van der Waals surface area contributed by atoms with Crippen molar-refractivity contribution >= 4 is 28.6 Å². The van der Waals surface area contributed by atoms with Gasteiger partial charge < -0.3 is 10.6 Å². The maximum absolute atomic E-state index is 5.03. The second-order valence-electron chi connectivity index (χ2n) is 2.51. The molecular weight excluding hydrogens is 168 g/mol. The van der Waals surface area contributed by atoms with E-state index in [1.54, 1.807) is 0 Å². The number of hydrogen-bond donors (Lipinski definition) is 2. The van der Waals surface area contributed by atoms with Crippen molar-refractivity contribution in [3.8, 4) is 0 Å². The van der Waals surface area contributed by atoms with E-state index >= 15 is 0 Å². The molecule has 0 saturated carbocycles. The molecule has 0 bridgehead atoms. The molecule has 0 atom stereocenters. The fourth-order valence-electron chi connectivity index (χ4n) is 1.10. The van der Waals surface area contributed by atoms with Crippen molar-refractivity contribution in [2.75, 3.05) is 10.6 Å². The number of anilines is 2.